The third-order valence-corrected chi connectivity index (χ3v) is 1.87. The van der Waals surface area contributed by atoms with Crippen molar-refractivity contribution in [2.24, 2.45) is 4.99 Å². The lowest BCUT2D eigenvalue weighted by Gasteiger charge is -2.03. The largest absolute Gasteiger partial charge is 0.488 e. The summed E-state index contributed by atoms with van der Waals surface area (Å²) in [6, 6.07) is 5.01. The van der Waals surface area contributed by atoms with E-state index in [-0.39, 0.29) is 0 Å². The molecule has 0 aliphatic carbocycles. The van der Waals surface area contributed by atoms with Gasteiger partial charge in [-0.1, -0.05) is 6.07 Å². The summed E-state index contributed by atoms with van der Waals surface area (Å²) in [6.07, 6.45) is 1.56. The van der Waals surface area contributed by atoms with Crippen LogP contribution in [0.25, 0.3) is 6.26 Å². The maximum absolute atomic E-state index is 8.90. The number of nitrogens with zero attached hydrogens (tertiary/aromatic N) is 1. The Hall–Kier alpha value is -1.33. The zero-order valence-corrected chi connectivity index (χ0v) is 6.84. The Bertz CT molecular complexity index is 430. The number of fused-ring (bicyclic) bond motifs is 1. The zero-order chi connectivity index (χ0) is 9.26. The maximum Gasteiger partial charge on any atom is 0.488 e. The molecule has 0 radical (unpaired) electrons. The van der Waals surface area contributed by atoms with Gasteiger partial charge in [-0.3, -0.25) is 0 Å². The summed E-state index contributed by atoms with van der Waals surface area (Å²) >= 11 is 0. The van der Waals surface area contributed by atoms with Gasteiger partial charge in [0.25, 0.3) is 0 Å². The van der Waals surface area contributed by atoms with Crippen molar-refractivity contribution >= 4 is 18.8 Å². The lowest BCUT2D eigenvalue weighted by molar-refractivity contribution is 0.296. The molecule has 66 valence electrons. The topological polar surface area (TPSA) is 62.0 Å². The van der Waals surface area contributed by atoms with Gasteiger partial charge in [-0.25, -0.2) is 4.99 Å². The standard InChI is InChI=1S/C8H8BNO3/c11-9(12)7-1-2-8-6(3-7)4-13-5-10-8/h1-4,11-12H,5H2. The van der Waals surface area contributed by atoms with Gasteiger partial charge in [-0.15, -0.1) is 0 Å². The highest BCUT2D eigenvalue weighted by molar-refractivity contribution is 6.58. The van der Waals surface area contributed by atoms with Crippen LogP contribution in [0.15, 0.2) is 23.2 Å². The Kier molecular flexibility index (Phi) is 2.04. The molecule has 1 aromatic rings. The van der Waals surface area contributed by atoms with Crippen LogP contribution in [0.4, 0.5) is 0 Å². The zero-order valence-electron chi connectivity index (χ0n) is 6.84. The molecule has 0 spiro atoms. The van der Waals surface area contributed by atoms with Gasteiger partial charge >= 0.3 is 7.12 Å². The van der Waals surface area contributed by atoms with Crippen molar-refractivity contribution in [1.29, 1.82) is 0 Å². The van der Waals surface area contributed by atoms with Crippen molar-refractivity contribution in [2.45, 2.75) is 0 Å². The number of benzene rings is 1. The minimum absolute atomic E-state index is 0.327. The highest BCUT2D eigenvalue weighted by atomic mass is 16.5. The Morgan fingerprint density at radius 1 is 1.38 bits per heavy atom. The monoisotopic (exact) mass is 177 g/mol. The minimum Gasteiger partial charge on any atom is -0.478 e. The molecule has 1 aliphatic heterocycles. The van der Waals surface area contributed by atoms with Gasteiger partial charge in [0, 0.05) is 5.22 Å². The van der Waals surface area contributed by atoms with Gasteiger partial charge in [-0.2, -0.15) is 0 Å². The average Bonchev–Trinajstić information content (AvgIpc) is 2.17. The van der Waals surface area contributed by atoms with Crippen LogP contribution in [0.2, 0.25) is 0 Å². The van der Waals surface area contributed by atoms with Crippen molar-refractivity contribution in [3.05, 3.63) is 28.8 Å². The third kappa shape index (κ3) is 1.56. The SMILES string of the molecule is OB(O)c1ccc2c(c1)=COCN=2. The van der Waals surface area contributed by atoms with Crippen LogP contribution in [0, 0.1) is 0 Å². The molecule has 2 N–H and O–H groups in total. The Labute approximate surface area is 75.0 Å². The van der Waals surface area contributed by atoms with E-state index in [4.69, 9.17) is 14.8 Å². The first-order chi connectivity index (χ1) is 6.27. The predicted octanol–water partition coefficient (Wildman–Crippen LogP) is -2.29. The van der Waals surface area contributed by atoms with E-state index >= 15 is 0 Å². The molecule has 2 rings (SSSR count). The van der Waals surface area contributed by atoms with Crippen LogP contribution >= 0.6 is 0 Å². The van der Waals surface area contributed by atoms with Gasteiger partial charge in [0.1, 0.15) is 0 Å². The second-order valence-electron chi connectivity index (χ2n) is 2.76. The first kappa shape index (κ1) is 8.28. The first-order valence-corrected chi connectivity index (χ1v) is 3.90. The average molecular weight is 177 g/mol. The van der Waals surface area contributed by atoms with Gasteiger partial charge in [-0.05, 0) is 17.6 Å². The van der Waals surface area contributed by atoms with E-state index in [1.165, 1.54) is 0 Å². The van der Waals surface area contributed by atoms with Crippen LogP contribution in [-0.2, 0) is 4.74 Å². The molecule has 0 aromatic heterocycles. The van der Waals surface area contributed by atoms with Gasteiger partial charge in [0.2, 0.25) is 0 Å². The molecule has 0 fully saturated rings. The highest BCUT2D eigenvalue weighted by Gasteiger charge is 2.10. The fraction of sp³-hybridized carbons (Fsp3) is 0.125. The molecular formula is C8H8BNO3. The highest BCUT2D eigenvalue weighted by Crippen LogP contribution is 1.82. The van der Waals surface area contributed by atoms with Crippen molar-refractivity contribution in [2.75, 3.05) is 6.73 Å². The second kappa shape index (κ2) is 3.20. The second-order valence-corrected chi connectivity index (χ2v) is 2.76. The summed E-state index contributed by atoms with van der Waals surface area (Å²) in [4.78, 5) is 4.08. The summed E-state index contributed by atoms with van der Waals surface area (Å²) in [7, 11) is -1.44. The van der Waals surface area contributed by atoms with Crippen molar-refractivity contribution in [1.82, 2.24) is 0 Å². The lowest BCUT2D eigenvalue weighted by Crippen LogP contribution is -2.38. The molecule has 0 saturated heterocycles. The van der Waals surface area contributed by atoms with Crippen LogP contribution in [0.5, 0.6) is 0 Å². The minimum atomic E-state index is -1.44. The number of rotatable bonds is 1. The van der Waals surface area contributed by atoms with E-state index in [1.807, 2.05) is 0 Å². The molecule has 0 saturated carbocycles. The summed E-state index contributed by atoms with van der Waals surface area (Å²) in [6.45, 7) is 0.327. The van der Waals surface area contributed by atoms with Crippen molar-refractivity contribution in [3.8, 4) is 0 Å². The maximum atomic E-state index is 8.90. The van der Waals surface area contributed by atoms with E-state index in [9.17, 15) is 0 Å². The Morgan fingerprint density at radius 2 is 2.23 bits per heavy atom. The fourth-order valence-electron chi connectivity index (χ4n) is 1.21. The van der Waals surface area contributed by atoms with Gasteiger partial charge in [0.05, 0.1) is 11.6 Å². The van der Waals surface area contributed by atoms with Gasteiger partial charge in [0.15, 0.2) is 6.73 Å². The van der Waals surface area contributed by atoms with Crippen LogP contribution in [-0.4, -0.2) is 23.9 Å². The molecule has 4 nitrogen and oxygen atoms in total. The molecule has 0 bridgehead atoms. The third-order valence-electron chi connectivity index (χ3n) is 1.87. The quantitative estimate of drug-likeness (QED) is 0.474. The van der Waals surface area contributed by atoms with E-state index in [0.717, 1.165) is 10.6 Å². The Balaban J connectivity index is 2.60. The van der Waals surface area contributed by atoms with Crippen LogP contribution < -0.4 is 16.0 Å². The molecule has 0 unspecified atom stereocenters. The fourth-order valence-corrected chi connectivity index (χ4v) is 1.21. The van der Waals surface area contributed by atoms with E-state index in [0.29, 0.717) is 12.2 Å². The predicted molar refractivity (Wildman–Crippen MR) is 47.5 cm³/mol. The lowest BCUT2D eigenvalue weighted by atomic mass is 9.80. The van der Waals surface area contributed by atoms with Crippen LogP contribution in [0.3, 0.4) is 0 Å². The normalized spacial score (nSPS) is 13.4. The summed E-state index contributed by atoms with van der Waals surface area (Å²) in [5.74, 6) is 0. The van der Waals surface area contributed by atoms with E-state index in [2.05, 4.69) is 4.99 Å². The molecule has 1 aliphatic rings. The Morgan fingerprint density at radius 3 is 3.00 bits per heavy atom. The number of ether oxygens (including phenoxy) is 1. The molecule has 0 amide bonds. The summed E-state index contributed by atoms with van der Waals surface area (Å²) < 4.78 is 4.98. The molecule has 13 heavy (non-hydrogen) atoms. The summed E-state index contributed by atoms with van der Waals surface area (Å²) in [5, 5.41) is 19.4. The van der Waals surface area contributed by atoms with Crippen molar-refractivity contribution in [3.63, 3.8) is 0 Å². The number of hydrogen-bond acceptors (Lipinski definition) is 4. The molecule has 0 atom stereocenters. The van der Waals surface area contributed by atoms with E-state index in [1.54, 1.807) is 24.5 Å². The number of hydrogen-bond donors (Lipinski definition) is 2. The molecule has 5 heteroatoms. The van der Waals surface area contributed by atoms with Gasteiger partial charge < -0.3 is 14.8 Å². The first-order valence-electron chi connectivity index (χ1n) is 3.90. The van der Waals surface area contributed by atoms with Crippen molar-refractivity contribution < 1.29 is 14.8 Å². The smallest absolute Gasteiger partial charge is 0.478 e. The van der Waals surface area contributed by atoms with E-state index < -0.39 is 7.12 Å². The summed E-state index contributed by atoms with van der Waals surface area (Å²) in [5.41, 5.74) is 0.440. The van der Waals surface area contributed by atoms with Crippen LogP contribution in [0.1, 0.15) is 0 Å². The molecular weight excluding hydrogens is 169 g/mol. The molecule has 1 heterocycles. The molecule has 1 aromatic carbocycles.